The fraction of sp³-hybridized carbons (Fsp3) is 0.500. The van der Waals surface area contributed by atoms with Crippen LogP contribution >= 0.6 is 27.3 Å². The lowest BCUT2D eigenvalue weighted by Crippen LogP contribution is -2.13. The van der Waals surface area contributed by atoms with Crippen molar-refractivity contribution in [2.24, 2.45) is 0 Å². The highest BCUT2D eigenvalue weighted by Gasteiger charge is 2.17. The minimum Gasteiger partial charge on any atom is -0.387 e. The van der Waals surface area contributed by atoms with Crippen LogP contribution in [0.2, 0.25) is 0 Å². The van der Waals surface area contributed by atoms with E-state index in [0.717, 1.165) is 29.4 Å². The lowest BCUT2D eigenvalue weighted by molar-refractivity contribution is 0.143. The molecule has 0 amide bonds. The highest BCUT2D eigenvalue weighted by molar-refractivity contribution is 9.10. The Bertz CT molecular complexity index is 513. The molecule has 6 heteroatoms. The summed E-state index contributed by atoms with van der Waals surface area (Å²) in [7, 11) is 1.66. The molecule has 0 aliphatic heterocycles. The van der Waals surface area contributed by atoms with Crippen LogP contribution < -0.4 is 0 Å². The van der Waals surface area contributed by atoms with Gasteiger partial charge in [-0.3, -0.25) is 4.68 Å². The van der Waals surface area contributed by atoms with Gasteiger partial charge in [-0.25, -0.2) is 0 Å². The van der Waals surface area contributed by atoms with Crippen LogP contribution in [0.15, 0.2) is 28.2 Å². The Morgan fingerprint density at radius 3 is 3.10 bits per heavy atom. The average Bonchev–Trinajstić information content (AvgIpc) is 3.06. The summed E-state index contributed by atoms with van der Waals surface area (Å²) in [6.07, 6.45) is 3.94. The molecule has 0 aromatic carbocycles. The number of ether oxygens (including phenoxy) is 1. The molecule has 1 unspecified atom stereocenters. The van der Waals surface area contributed by atoms with Crippen LogP contribution in [0, 0.1) is 0 Å². The monoisotopic (exact) mass is 358 g/mol. The number of nitrogens with zero attached hydrogens (tertiary/aromatic N) is 2. The Balaban J connectivity index is 1.90. The molecule has 0 bridgehead atoms. The van der Waals surface area contributed by atoms with Crippen molar-refractivity contribution in [1.29, 1.82) is 0 Å². The smallest absolute Gasteiger partial charge is 0.0968 e. The molecule has 20 heavy (non-hydrogen) atoms. The second kappa shape index (κ2) is 7.93. The summed E-state index contributed by atoms with van der Waals surface area (Å²) in [5.41, 5.74) is 0.841. The predicted octanol–water partition coefficient (Wildman–Crippen LogP) is 3.41. The number of thiophene rings is 1. The van der Waals surface area contributed by atoms with Gasteiger partial charge >= 0.3 is 0 Å². The van der Waals surface area contributed by atoms with Gasteiger partial charge in [-0.05, 0) is 46.6 Å². The summed E-state index contributed by atoms with van der Waals surface area (Å²) in [4.78, 5) is 1.36. The average molecular weight is 359 g/mol. The standard InChI is InChI=1S/C14H19BrN2O2S/c1-19-8-7-17-14(12(15)10-16-17)13(18)6-2-4-11-5-3-9-20-11/h3,5,9-10,13,18H,2,4,6-8H2,1H3. The maximum Gasteiger partial charge on any atom is 0.0968 e. The molecule has 0 aliphatic carbocycles. The topological polar surface area (TPSA) is 47.3 Å². The van der Waals surface area contributed by atoms with Gasteiger partial charge in [0.2, 0.25) is 0 Å². The van der Waals surface area contributed by atoms with Gasteiger partial charge in [0.15, 0.2) is 0 Å². The molecular formula is C14H19BrN2O2S. The molecule has 0 aliphatic rings. The van der Waals surface area contributed by atoms with E-state index in [1.54, 1.807) is 24.6 Å². The normalized spacial score (nSPS) is 12.8. The lowest BCUT2D eigenvalue weighted by Gasteiger charge is -2.14. The van der Waals surface area contributed by atoms with E-state index < -0.39 is 6.10 Å². The van der Waals surface area contributed by atoms with Crippen LogP contribution in [0.4, 0.5) is 0 Å². The number of aliphatic hydroxyl groups is 1. The molecule has 2 aromatic heterocycles. The van der Waals surface area contributed by atoms with Crippen LogP contribution in [0.25, 0.3) is 0 Å². The Kier molecular flexibility index (Phi) is 6.22. The Morgan fingerprint density at radius 2 is 2.40 bits per heavy atom. The number of aromatic nitrogens is 2. The van der Waals surface area contributed by atoms with Crippen molar-refractivity contribution in [2.75, 3.05) is 13.7 Å². The summed E-state index contributed by atoms with van der Waals surface area (Å²) in [5.74, 6) is 0. The summed E-state index contributed by atoms with van der Waals surface area (Å²) >= 11 is 5.22. The van der Waals surface area contributed by atoms with E-state index in [1.807, 2.05) is 4.68 Å². The van der Waals surface area contributed by atoms with Crippen molar-refractivity contribution >= 4 is 27.3 Å². The third-order valence-corrected chi connectivity index (χ3v) is 4.68. The van der Waals surface area contributed by atoms with Crippen molar-refractivity contribution in [3.8, 4) is 0 Å². The molecule has 0 saturated carbocycles. The molecule has 1 atom stereocenters. The van der Waals surface area contributed by atoms with E-state index in [1.165, 1.54) is 4.88 Å². The lowest BCUT2D eigenvalue weighted by atomic mass is 10.1. The first-order chi connectivity index (χ1) is 9.72. The number of rotatable bonds is 8. The molecule has 4 nitrogen and oxygen atoms in total. The number of hydrogen-bond donors (Lipinski definition) is 1. The van der Waals surface area contributed by atoms with Crippen LogP contribution in [0.1, 0.15) is 29.5 Å². The first-order valence-electron chi connectivity index (χ1n) is 6.63. The zero-order valence-electron chi connectivity index (χ0n) is 11.5. The molecule has 0 radical (unpaired) electrons. The van der Waals surface area contributed by atoms with Gasteiger partial charge in [-0.15, -0.1) is 11.3 Å². The summed E-state index contributed by atoms with van der Waals surface area (Å²) in [6.45, 7) is 1.24. The molecule has 2 heterocycles. The molecule has 2 rings (SSSR count). The van der Waals surface area contributed by atoms with Crippen molar-refractivity contribution in [3.05, 3.63) is 38.8 Å². The van der Waals surface area contributed by atoms with E-state index in [4.69, 9.17) is 4.74 Å². The minimum absolute atomic E-state index is 0.497. The predicted molar refractivity (Wildman–Crippen MR) is 84.0 cm³/mol. The van der Waals surface area contributed by atoms with E-state index in [9.17, 15) is 5.11 Å². The van der Waals surface area contributed by atoms with E-state index >= 15 is 0 Å². The molecule has 1 N–H and O–H groups in total. The Labute approximate surface area is 131 Å². The van der Waals surface area contributed by atoms with Gasteiger partial charge in [0, 0.05) is 12.0 Å². The number of aryl methyl sites for hydroxylation is 1. The highest BCUT2D eigenvalue weighted by atomic mass is 79.9. The fourth-order valence-electron chi connectivity index (χ4n) is 2.12. The molecule has 110 valence electrons. The number of hydrogen-bond acceptors (Lipinski definition) is 4. The maximum atomic E-state index is 10.4. The van der Waals surface area contributed by atoms with Gasteiger partial charge in [0.1, 0.15) is 0 Å². The zero-order valence-corrected chi connectivity index (χ0v) is 13.9. The van der Waals surface area contributed by atoms with Crippen LogP contribution in [-0.4, -0.2) is 28.6 Å². The molecule has 0 fully saturated rings. The summed E-state index contributed by atoms with van der Waals surface area (Å²) in [6, 6.07) is 4.20. The number of methoxy groups -OCH3 is 1. The SMILES string of the molecule is COCCn1ncc(Br)c1C(O)CCCc1cccs1. The minimum atomic E-state index is -0.497. The van der Waals surface area contributed by atoms with Crippen LogP contribution in [0.5, 0.6) is 0 Å². The van der Waals surface area contributed by atoms with E-state index in [-0.39, 0.29) is 0 Å². The first-order valence-corrected chi connectivity index (χ1v) is 8.30. The zero-order chi connectivity index (χ0) is 14.4. The second-order valence-electron chi connectivity index (χ2n) is 4.58. The van der Waals surface area contributed by atoms with Gasteiger partial charge in [-0.1, -0.05) is 6.07 Å². The van der Waals surface area contributed by atoms with Gasteiger partial charge < -0.3 is 9.84 Å². The Morgan fingerprint density at radius 1 is 1.55 bits per heavy atom. The third kappa shape index (κ3) is 4.15. The largest absolute Gasteiger partial charge is 0.387 e. The van der Waals surface area contributed by atoms with Gasteiger partial charge in [0.25, 0.3) is 0 Å². The number of halogens is 1. The van der Waals surface area contributed by atoms with E-state index in [2.05, 4.69) is 38.5 Å². The second-order valence-corrected chi connectivity index (χ2v) is 6.47. The van der Waals surface area contributed by atoms with E-state index in [0.29, 0.717) is 13.2 Å². The highest BCUT2D eigenvalue weighted by Crippen LogP contribution is 2.27. The first kappa shape index (κ1) is 15.7. The summed E-state index contributed by atoms with van der Waals surface area (Å²) in [5, 5.41) is 16.7. The maximum absolute atomic E-state index is 10.4. The Hall–Kier alpha value is -0.690. The summed E-state index contributed by atoms with van der Waals surface area (Å²) < 4.78 is 7.73. The molecule has 0 saturated heterocycles. The molecular weight excluding hydrogens is 340 g/mol. The van der Waals surface area contributed by atoms with Crippen LogP contribution in [0.3, 0.4) is 0 Å². The molecule has 0 spiro atoms. The van der Waals surface area contributed by atoms with Gasteiger partial charge in [0.05, 0.1) is 35.6 Å². The quantitative estimate of drug-likeness (QED) is 0.786. The van der Waals surface area contributed by atoms with Crippen molar-refractivity contribution < 1.29 is 9.84 Å². The van der Waals surface area contributed by atoms with Crippen molar-refractivity contribution in [2.45, 2.75) is 31.9 Å². The van der Waals surface area contributed by atoms with Crippen molar-refractivity contribution in [1.82, 2.24) is 9.78 Å². The van der Waals surface area contributed by atoms with Gasteiger partial charge in [-0.2, -0.15) is 5.10 Å². The van der Waals surface area contributed by atoms with Crippen molar-refractivity contribution in [3.63, 3.8) is 0 Å². The fourth-order valence-corrected chi connectivity index (χ4v) is 3.43. The molecule has 2 aromatic rings. The third-order valence-electron chi connectivity index (χ3n) is 3.14. The number of aliphatic hydroxyl groups excluding tert-OH is 1. The van der Waals surface area contributed by atoms with Crippen LogP contribution in [-0.2, 0) is 17.7 Å².